The Kier molecular flexibility index (Phi) is 5.14. The van der Waals surface area contributed by atoms with E-state index in [1.165, 1.54) is 4.90 Å². The van der Waals surface area contributed by atoms with Crippen molar-refractivity contribution >= 4 is 40.9 Å². The van der Waals surface area contributed by atoms with E-state index in [0.717, 1.165) is 11.1 Å². The van der Waals surface area contributed by atoms with E-state index < -0.39 is 47.0 Å². The highest BCUT2D eigenvalue weighted by Gasteiger charge is 2.74. The zero-order chi connectivity index (χ0) is 24.4. The molecule has 9 nitrogen and oxygen atoms in total. The van der Waals surface area contributed by atoms with Gasteiger partial charge in [0.2, 0.25) is 23.3 Å². The highest BCUT2D eigenvalue weighted by molar-refractivity contribution is 6.31. The summed E-state index contributed by atoms with van der Waals surface area (Å²) < 4.78 is 5.17. The molecule has 3 aliphatic rings. The number of anilines is 1. The number of nitrogens with one attached hydrogen (secondary N) is 1. The first-order chi connectivity index (χ1) is 16.2. The van der Waals surface area contributed by atoms with Gasteiger partial charge < -0.3 is 21.1 Å². The molecule has 2 saturated heterocycles. The molecule has 0 radical (unpaired) electrons. The molecule has 0 aromatic heterocycles. The fourth-order valence-electron chi connectivity index (χ4n) is 5.74. The molecule has 4 amide bonds. The number of methoxy groups -OCH3 is 1. The number of nitrogens with two attached hydrogens (primary N) is 2. The number of likely N-dealkylation sites (tertiary alicyclic amines) is 1. The first-order valence-corrected chi connectivity index (χ1v) is 11.3. The molecule has 0 saturated carbocycles. The molecule has 0 bridgehead atoms. The van der Waals surface area contributed by atoms with Crippen LogP contribution in [-0.2, 0) is 31.3 Å². The smallest absolute Gasteiger partial charge is 0.291 e. The van der Waals surface area contributed by atoms with E-state index in [1.54, 1.807) is 48.8 Å². The van der Waals surface area contributed by atoms with E-state index >= 15 is 0 Å². The fraction of sp³-hybridized carbons (Fsp3) is 0.333. The second kappa shape index (κ2) is 7.82. The molecule has 10 heteroatoms. The second-order valence-corrected chi connectivity index (χ2v) is 9.52. The van der Waals surface area contributed by atoms with Crippen LogP contribution in [0.15, 0.2) is 36.4 Å². The molecule has 176 valence electrons. The molecule has 1 spiro atoms. The second-order valence-electron chi connectivity index (χ2n) is 9.08. The minimum Gasteiger partial charge on any atom is -0.497 e. The van der Waals surface area contributed by atoms with Gasteiger partial charge in [-0.05, 0) is 42.3 Å². The van der Waals surface area contributed by atoms with Gasteiger partial charge in [-0.1, -0.05) is 23.7 Å². The van der Waals surface area contributed by atoms with Gasteiger partial charge in [0.1, 0.15) is 23.6 Å². The van der Waals surface area contributed by atoms with Gasteiger partial charge in [-0.15, -0.1) is 0 Å². The van der Waals surface area contributed by atoms with Crippen LogP contribution in [0.2, 0.25) is 5.02 Å². The van der Waals surface area contributed by atoms with Crippen LogP contribution in [0.5, 0.6) is 5.75 Å². The van der Waals surface area contributed by atoms with E-state index in [2.05, 4.69) is 5.32 Å². The van der Waals surface area contributed by atoms with Gasteiger partial charge in [0.15, 0.2) is 0 Å². The lowest BCUT2D eigenvalue weighted by molar-refractivity contribution is -0.732. The normalized spacial score (nSPS) is 27.2. The zero-order valence-electron chi connectivity index (χ0n) is 18.6. The van der Waals surface area contributed by atoms with Crippen molar-refractivity contribution in [2.75, 3.05) is 12.4 Å². The van der Waals surface area contributed by atoms with Gasteiger partial charge in [-0.3, -0.25) is 24.1 Å². The highest BCUT2D eigenvalue weighted by atomic mass is 35.5. The summed E-state index contributed by atoms with van der Waals surface area (Å²) in [5.41, 5.74) is 6.70. The maximum atomic E-state index is 13.8. The van der Waals surface area contributed by atoms with E-state index in [9.17, 15) is 19.2 Å². The standard InChI is InChI=1S/C24H23ClN4O5/c1-11-7-13(25)8-15-20(11)27-23(33)24(15)19-18(16(28-24)9-17(26)30)21(31)29(22(19)32)10-12-3-5-14(34-2)6-4-12/h3-8,16,18-19,28H,9-10H2,1-2H3,(H2,26,30)(H,27,33)/p+1/t16-,18-,19+,24-/m1/s1. The number of rotatable bonds is 5. The lowest BCUT2D eigenvalue weighted by atomic mass is 9.76. The van der Waals surface area contributed by atoms with Gasteiger partial charge in [0, 0.05) is 10.6 Å². The summed E-state index contributed by atoms with van der Waals surface area (Å²) in [6.45, 7) is 1.87. The Bertz CT molecular complexity index is 1250. The number of hydrogen-bond acceptors (Lipinski definition) is 5. The van der Waals surface area contributed by atoms with Gasteiger partial charge in [0.25, 0.3) is 5.91 Å². The molecular formula is C24H24ClN4O5+. The van der Waals surface area contributed by atoms with Crippen molar-refractivity contribution in [3.63, 3.8) is 0 Å². The van der Waals surface area contributed by atoms with Gasteiger partial charge in [-0.2, -0.15) is 0 Å². The Hall–Kier alpha value is -3.43. The number of aryl methyl sites for hydroxylation is 1. The van der Waals surface area contributed by atoms with Crippen molar-refractivity contribution in [2.24, 2.45) is 17.6 Å². The first kappa shape index (κ1) is 22.4. The molecule has 5 rings (SSSR count). The Morgan fingerprint density at radius 2 is 1.91 bits per heavy atom. The van der Waals surface area contributed by atoms with Crippen LogP contribution < -0.4 is 21.1 Å². The SMILES string of the molecule is COc1ccc(CN2C(=O)[C@H]3[C@@H](C2=O)[C@@]2([NH2+][C@@H]3CC(N)=O)C(=O)Nc3c(C)cc(Cl)cc32)cc1. The number of ether oxygens (including phenoxy) is 1. The average Bonchev–Trinajstić information content (AvgIpc) is 3.35. The van der Waals surface area contributed by atoms with Crippen LogP contribution in [0.25, 0.3) is 0 Å². The van der Waals surface area contributed by atoms with Gasteiger partial charge >= 0.3 is 0 Å². The number of carbonyl (C=O) groups is 4. The molecule has 0 unspecified atom stereocenters. The molecule has 4 atom stereocenters. The summed E-state index contributed by atoms with van der Waals surface area (Å²) >= 11 is 6.33. The number of primary amides is 1. The predicted molar refractivity (Wildman–Crippen MR) is 122 cm³/mol. The number of nitrogens with zero attached hydrogens (tertiary/aromatic N) is 1. The van der Waals surface area contributed by atoms with Gasteiger partial charge in [0.05, 0.1) is 25.8 Å². The van der Waals surface area contributed by atoms with E-state index in [1.807, 2.05) is 6.92 Å². The summed E-state index contributed by atoms with van der Waals surface area (Å²) in [5, 5.41) is 4.97. The molecule has 2 aromatic rings. The van der Waals surface area contributed by atoms with Crippen molar-refractivity contribution in [1.82, 2.24) is 4.90 Å². The van der Waals surface area contributed by atoms with Gasteiger partial charge in [-0.25, -0.2) is 0 Å². The van der Waals surface area contributed by atoms with E-state index in [4.69, 9.17) is 22.1 Å². The number of benzene rings is 2. The van der Waals surface area contributed by atoms with E-state index in [0.29, 0.717) is 22.0 Å². The predicted octanol–water partition coefficient (Wildman–Crippen LogP) is 0.427. The van der Waals surface area contributed by atoms with Crippen LogP contribution in [0, 0.1) is 18.8 Å². The molecule has 2 fully saturated rings. The Balaban J connectivity index is 1.59. The number of halogens is 1. The van der Waals surface area contributed by atoms with Crippen molar-refractivity contribution in [3.05, 3.63) is 58.1 Å². The van der Waals surface area contributed by atoms with Crippen LogP contribution >= 0.6 is 11.6 Å². The van der Waals surface area contributed by atoms with Crippen LogP contribution in [0.1, 0.15) is 23.1 Å². The van der Waals surface area contributed by atoms with Crippen molar-refractivity contribution in [1.29, 1.82) is 0 Å². The molecule has 3 aliphatic heterocycles. The molecule has 3 heterocycles. The summed E-state index contributed by atoms with van der Waals surface area (Å²) in [6.07, 6.45) is -0.138. The van der Waals surface area contributed by atoms with Crippen LogP contribution in [-0.4, -0.2) is 41.7 Å². The first-order valence-electron chi connectivity index (χ1n) is 10.9. The third-order valence-electron chi connectivity index (χ3n) is 7.17. The largest absolute Gasteiger partial charge is 0.497 e. The topological polar surface area (TPSA) is 135 Å². The Morgan fingerprint density at radius 1 is 1.21 bits per heavy atom. The number of fused-ring (bicyclic) bond motifs is 4. The summed E-state index contributed by atoms with van der Waals surface area (Å²) in [7, 11) is 1.55. The summed E-state index contributed by atoms with van der Waals surface area (Å²) in [4.78, 5) is 53.9. The molecule has 2 aromatic carbocycles. The maximum Gasteiger partial charge on any atom is 0.291 e. The monoisotopic (exact) mass is 483 g/mol. The number of imide groups is 1. The van der Waals surface area contributed by atoms with Crippen LogP contribution in [0.4, 0.5) is 5.69 Å². The summed E-state index contributed by atoms with van der Waals surface area (Å²) in [6, 6.07) is 9.77. The van der Waals surface area contributed by atoms with E-state index in [-0.39, 0.29) is 13.0 Å². The lowest BCUT2D eigenvalue weighted by Gasteiger charge is -2.26. The molecule has 0 aliphatic carbocycles. The number of carbonyl (C=O) groups excluding carboxylic acids is 4. The number of amides is 4. The summed E-state index contributed by atoms with van der Waals surface area (Å²) in [5.74, 6) is -3.06. The highest BCUT2D eigenvalue weighted by Crippen LogP contribution is 2.51. The third kappa shape index (κ3) is 3.11. The number of quaternary nitrogens is 1. The quantitative estimate of drug-likeness (QED) is 0.530. The van der Waals surface area contributed by atoms with Crippen molar-refractivity contribution < 1.29 is 29.2 Å². The average molecular weight is 484 g/mol. The van der Waals surface area contributed by atoms with Crippen molar-refractivity contribution in [2.45, 2.75) is 31.5 Å². The Morgan fingerprint density at radius 3 is 2.56 bits per heavy atom. The van der Waals surface area contributed by atoms with Crippen LogP contribution in [0.3, 0.4) is 0 Å². The maximum absolute atomic E-state index is 13.8. The zero-order valence-corrected chi connectivity index (χ0v) is 19.4. The molecule has 5 N–H and O–H groups in total. The lowest BCUT2D eigenvalue weighted by Crippen LogP contribution is -2.99. The molecular weight excluding hydrogens is 460 g/mol. The molecule has 34 heavy (non-hydrogen) atoms. The fourth-order valence-corrected chi connectivity index (χ4v) is 6.02. The van der Waals surface area contributed by atoms with Crippen molar-refractivity contribution in [3.8, 4) is 5.75 Å². The number of hydrogen-bond donors (Lipinski definition) is 3. The minimum atomic E-state index is -1.41. The Labute approximate surface area is 200 Å². The minimum absolute atomic E-state index is 0.0527. The third-order valence-corrected chi connectivity index (χ3v) is 7.39.